The molecule has 0 fully saturated rings. The highest BCUT2D eigenvalue weighted by molar-refractivity contribution is 8.00. The van der Waals surface area contributed by atoms with Gasteiger partial charge in [0.2, 0.25) is 9.84 Å². The maximum atomic E-state index is 13.2. The fourth-order valence-corrected chi connectivity index (χ4v) is 4.71. The molecule has 0 bridgehead atoms. The molecule has 0 aliphatic rings. The van der Waals surface area contributed by atoms with E-state index in [0.29, 0.717) is 5.82 Å². The van der Waals surface area contributed by atoms with E-state index in [1.807, 2.05) is 41.8 Å². The number of nitrogens with zero attached hydrogens (tertiary/aromatic N) is 1. The Hall–Kier alpha value is -2.70. The van der Waals surface area contributed by atoms with Gasteiger partial charge in [-0.3, -0.25) is 0 Å². The van der Waals surface area contributed by atoms with Gasteiger partial charge >= 0.3 is 0 Å². The quantitative estimate of drug-likeness (QED) is 0.574. The molecule has 0 unspecified atom stereocenters. The molecule has 0 saturated carbocycles. The number of aromatic nitrogens is 2. The fraction of sp³-hybridized carbons (Fsp3) is 0. The molecule has 0 amide bonds. The molecule has 1 N–H and O–H groups in total. The van der Waals surface area contributed by atoms with Crippen LogP contribution in [0.3, 0.4) is 0 Å². The summed E-state index contributed by atoms with van der Waals surface area (Å²) in [5.41, 5.74) is 1.54. The van der Waals surface area contributed by atoms with Gasteiger partial charge in [-0.2, -0.15) is 0 Å². The van der Waals surface area contributed by atoms with E-state index >= 15 is 0 Å². The lowest BCUT2D eigenvalue weighted by molar-refractivity contribution is 0.606. The van der Waals surface area contributed by atoms with E-state index < -0.39 is 9.84 Å². The summed E-state index contributed by atoms with van der Waals surface area (Å²) in [6.45, 7) is 0. The highest BCUT2D eigenvalue weighted by Gasteiger charge is 2.25. The van der Waals surface area contributed by atoms with Crippen LogP contribution >= 0.6 is 11.3 Å². The first-order valence-electron chi connectivity index (χ1n) is 7.65. The number of hydrogen-bond acceptors (Lipinski definition) is 4. The van der Waals surface area contributed by atoms with Crippen molar-refractivity contribution >= 4 is 43.2 Å². The Labute approximate surface area is 149 Å². The van der Waals surface area contributed by atoms with Gasteiger partial charge in [0.25, 0.3) is 0 Å². The summed E-state index contributed by atoms with van der Waals surface area (Å²) >= 11 is 1.48. The van der Waals surface area contributed by atoms with Gasteiger partial charge in [-0.05, 0) is 41.8 Å². The zero-order chi connectivity index (χ0) is 17.3. The highest BCUT2D eigenvalue weighted by Crippen LogP contribution is 2.30. The number of para-hydroxylation sites is 2. The first-order valence-corrected chi connectivity index (χ1v) is 10.0. The second kappa shape index (κ2) is 6.31. The van der Waals surface area contributed by atoms with E-state index in [9.17, 15) is 8.42 Å². The number of thiophene rings is 1. The SMILES string of the molecule is O=S(=O)(/C(=C/c1cccs1)c1nc2ccccc2[nH]1)c1ccccc1. The second-order valence-electron chi connectivity index (χ2n) is 5.44. The molecule has 124 valence electrons. The summed E-state index contributed by atoms with van der Waals surface area (Å²) in [6.07, 6.45) is 1.67. The van der Waals surface area contributed by atoms with Gasteiger partial charge in [0, 0.05) is 4.88 Å². The molecule has 0 aliphatic heterocycles. The van der Waals surface area contributed by atoms with Crippen LogP contribution in [0.2, 0.25) is 0 Å². The van der Waals surface area contributed by atoms with Crippen LogP contribution in [0.4, 0.5) is 0 Å². The summed E-state index contributed by atoms with van der Waals surface area (Å²) < 4.78 is 26.4. The Bertz CT molecular complexity index is 1110. The van der Waals surface area contributed by atoms with E-state index in [-0.39, 0.29) is 9.80 Å². The van der Waals surface area contributed by atoms with Gasteiger partial charge < -0.3 is 4.98 Å². The summed E-state index contributed by atoms with van der Waals surface area (Å²) in [5, 5.41) is 1.91. The topological polar surface area (TPSA) is 62.8 Å². The minimum Gasteiger partial charge on any atom is -0.337 e. The van der Waals surface area contributed by atoms with Crippen molar-refractivity contribution in [2.45, 2.75) is 4.90 Å². The Kier molecular flexibility index (Phi) is 3.99. The Balaban J connectivity index is 1.94. The van der Waals surface area contributed by atoms with Crippen molar-refractivity contribution in [2.24, 2.45) is 0 Å². The van der Waals surface area contributed by atoms with Crippen LogP contribution in [0.15, 0.2) is 77.0 Å². The number of benzene rings is 2. The number of hydrogen-bond donors (Lipinski definition) is 1. The lowest BCUT2D eigenvalue weighted by Crippen LogP contribution is -2.05. The van der Waals surface area contributed by atoms with Crippen LogP contribution in [0.25, 0.3) is 22.0 Å². The maximum absolute atomic E-state index is 13.2. The van der Waals surface area contributed by atoms with Crippen molar-refractivity contribution in [3.05, 3.63) is 82.8 Å². The van der Waals surface area contributed by atoms with Crippen molar-refractivity contribution < 1.29 is 8.42 Å². The van der Waals surface area contributed by atoms with Crippen LogP contribution in [0, 0.1) is 0 Å². The number of H-pyrrole nitrogens is 1. The average Bonchev–Trinajstić information content (AvgIpc) is 3.29. The van der Waals surface area contributed by atoms with Crippen LogP contribution in [-0.2, 0) is 9.84 Å². The van der Waals surface area contributed by atoms with E-state index in [2.05, 4.69) is 9.97 Å². The van der Waals surface area contributed by atoms with Crippen molar-refractivity contribution in [1.82, 2.24) is 9.97 Å². The predicted molar refractivity (Wildman–Crippen MR) is 102 cm³/mol. The third-order valence-corrected chi connectivity index (χ3v) is 6.38. The standard InChI is InChI=1S/C19H14N2O2S2/c22-25(23,15-8-2-1-3-9-15)18(13-14-7-6-12-24-14)19-20-16-10-4-5-11-17(16)21-19/h1-13H,(H,20,21)/b18-13+. The number of rotatable bonds is 4. The molecule has 2 aromatic heterocycles. The highest BCUT2D eigenvalue weighted by atomic mass is 32.2. The zero-order valence-corrected chi connectivity index (χ0v) is 14.7. The molecular formula is C19H14N2O2S2. The third kappa shape index (κ3) is 3.01. The van der Waals surface area contributed by atoms with Gasteiger partial charge in [0.15, 0.2) is 0 Å². The van der Waals surface area contributed by atoms with E-state index in [1.165, 1.54) is 11.3 Å². The van der Waals surface area contributed by atoms with E-state index in [0.717, 1.165) is 15.9 Å². The first kappa shape index (κ1) is 15.8. The molecule has 25 heavy (non-hydrogen) atoms. The average molecular weight is 366 g/mol. The van der Waals surface area contributed by atoms with Crippen LogP contribution < -0.4 is 0 Å². The molecule has 4 aromatic rings. The molecule has 0 aliphatic carbocycles. The maximum Gasteiger partial charge on any atom is 0.210 e. The smallest absolute Gasteiger partial charge is 0.210 e. The predicted octanol–water partition coefficient (Wildman–Crippen LogP) is 4.60. The fourth-order valence-electron chi connectivity index (χ4n) is 2.57. The first-order chi connectivity index (χ1) is 12.1. The summed E-state index contributed by atoms with van der Waals surface area (Å²) in [7, 11) is -3.70. The van der Waals surface area contributed by atoms with E-state index in [1.54, 1.807) is 36.4 Å². The summed E-state index contributed by atoms with van der Waals surface area (Å²) in [6, 6.07) is 19.7. The van der Waals surface area contributed by atoms with Crippen LogP contribution in [-0.4, -0.2) is 18.4 Å². The molecule has 0 saturated heterocycles. The van der Waals surface area contributed by atoms with Gasteiger partial charge in [0.1, 0.15) is 10.7 Å². The molecule has 6 heteroatoms. The normalized spacial score (nSPS) is 12.6. The third-order valence-electron chi connectivity index (χ3n) is 3.78. The summed E-state index contributed by atoms with van der Waals surface area (Å²) in [5.74, 6) is 0.346. The van der Waals surface area contributed by atoms with Crippen molar-refractivity contribution in [1.29, 1.82) is 0 Å². The van der Waals surface area contributed by atoms with Gasteiger partial charge in [-0.25, -0.2) is 13.4 Å². The molecule has 0 spiro atoms. The number of nitrogens with one attached hydrogen (secondary N) is 1. The lowest BCUT2D eigenvalue weighted by Gasteiger charge is -2.07. The minimum atomic E-state index is -3.70. The number of aromatic amines is 1. The Morgan fingerprint density at radius 2 is 1.72 bits per heavy atom. The summed E-state index contributed by atoms with van der Waals surface area (Å²) in [4.78, 5) is 8.89. The van der Waals surface area contributed by atoms with Crippen molar-refractivity contribution in [3.8, 4) is 0 Å². The Morgan fingerprint density at radius 3 is 2.44 bits per heavy atom. The number of sulfone groups is 1. The van der Waals surface area contributed by atoms with Crippen LogP contribution in [0.1, 0.15) is 10.7 Å². The Morgan fingerprint density at radius 1 is 0.960 bits per heavy atom. The second-order valence-corrected chi connectivity index (χ2v) is 8.34. The number of imidazole rings is 1. The van der Waals surface area contributed by atoms with E-state index in [4.69, 9.17) is 0 Å². The zero-order valence-electron chi connectivity index (χ0n) is 13.1. The molecule has 4 rings (SSSR count). The molecular weight excluding hydrogens is 352 g/mol. The molecule has 0 atom stereocenters. The monoisotopic (exact) mass is 366 g/mol. The molecule has 0 radical (unpaired) electrons. The largest absolute Gasteiger partial charge is 0.337 e. The van der Waals surface area contributed by atoms with Crippen LogP contribution in [0.5, 0.6) is 0 Å². The van der Waals surface area contributed by atoms with Gasteiger partial charge in [-0.15, -0.1) is 11.3 Å². The molecule has 2 heterocycles. The molecule has 2 aromatic carbocycles. The molecule has 4 nitrogen and oxygen atoms in total. The minimum absolute atomic E-state index is 0.164. The van der Waals surface area contributed by atoms with Gasteiger partial charge in [0.05, 0.1) is 15.9 Å². The lowest BCUT2D eigenvalue weighted by atomic mass is 10.3. The van der Waals surface area contributed by atoms with Crippen molar-refractivity contribution in [2.75, 3.05) is 0 Å². The van der Waals surface area contributed by atoms with Gasteiger partial charge in [-0.1, -0.05) is 36.4 Å². The number of fused-ring (bicyclic) bond motifs is 1. The van der Waals surface area contributed by atoms with Crippen molar-refractivity contribution in [3.63, 3.8) is 0 Å².